The molecular weight excluding hydrogens is 310 g/mol. The summed E-state index contributed by atoms with van der Waals surface area (Å²) in [5.41, 5.74) is 3.71. The van der Waals surface area contributed by atoms with Gasteiger partial charge in [-0.25, -0.2) is 4.79 Å². The fourth-order valence-electron chi connectivity index (χ4n) is 3.60. The molecule has 124 valence electrons. The van der Waals surface area contributed by atoms with E-state index in [4.69, 9.17) is 0 Å². The molecule has 4 rings (SSSR count). The molecular formula is C22H19NO2. The predicted molar refractivity (Wildman–Crippen MR) is 103 cm³/mol. The number of fused-ring (bicyclic) bond motifs is 2. The van der Waals surface area contributed by atoms with Crippen LogP contribution in [0.2, 0.25) is 0 Å². The molecule has 0 saturated heterocycles. The average molecular weight is 329 g/mol. The summed E-state index contributed by atoms with van der Waals surface area (Å²) in [5, 5.41) is 15.9. The molecule has 3 aromatic rings. The number of allylic oxidation sites excluding steroid dienone is 1. The summed E-state index contributed by atoms with van der Waals surface area (Å²) >= 11 is 0. The van der Waals surface area contributed by atoms with Gasteiger partial charge in [0.05, 0.1) is 5.57 Å². The molecule has 1 atom stereocenters. The lowest BCUT2D eigenvalue weighted by atomic mass is 9.93. The van der Waals surface area contributed by atoms with E-state index in [2.05, 4.69) is 0 Å². The Bertz CT molecular complexity index is 1030. The van der Waals surface area contributed by atoms with Crippen molar-refractivity contribution in [3.05, 3.63) is 88.6 Å². The normalized spacial score (nSPS) is 20.0. The van der Waals surface area contributed by atoms with E-state index >= 15 is 0 Å². The number of quaternary nitrogens is 1. The lowest BCUT2D eigenvalue weighted by Crippen LogP contribution is -2.50. The second-order valence-electron chi connectivity index (χ2n) is 6.65. The minimum atomic E-state index is -0.961. The zero-order valence-electron chi connectivity index (χ0n) is 14.3. The van der Waals surface area contributed by atoms with E-state index in [1.54, 1.807) is 13.0 Å². The summed E-state index contributed by atoms with van der Waals surface area (Å²) in [5.74, 6) is -0.371. The summed E-state index contributed by atoms with van der Waals surface area (Å²) in [6.45, 7) is 3.76. The first-order chi connectivity index (χ1) is 12.0. The second kappa shape index (κ2) is 5.66. The summed E-state index contributed by atoms with van der Waals surface area (Å²) in [4.78, 5) is 12.9. The molecule has 3 heteroatoms. The molecule has 1 aliphatic rings. The number of carbonyl (C=O) groups is 1. The van der Waals surface area contributed by atoms with Gasteiger partial charge in [-0.05, 0) is 42.3 Å². The number of amides is 1. The molecule has 1 unspecified atom stereocenters. The van der Waals surface area contributed by atoms with Gasteiger partial charge < -0.3 is 5.21 Å². The van der Waals surface area contributed by atoms with Gasteiger partial charge in [0.1, 0.15) is 12.2 Å². The van der Waals surface area contributed by atoms with Crippen molar-refractivity contribution in [2.75, 3.05) is 0 Å². The Labute approximate surface area is 147 Å². The minimum absolute atomic E-state index is 0.102. The van der Waals surface area contributed by atoms with Crippen LogP contribution in [-0.4, -0.2) is 5.91 Å². The number of nitrogens with zero attached hydrogens (tertiary/aromatic N) is 1. The third kappa shape index (κ3) is 2.40. The van der Waals surface area contributed by atoms with Crippen molar-refractivity contribution in [1.82, 2.24) is 4.65 Å². The first-order valence-electron chi connectivity index (χ1n) is 8.40. The number of carbonyl (C=O) groups excluding carboxylic acids is 1. The fourth-order valence-corrected chi connectivity index (χ4v) is 3.60. The Balaban J connectivity index is 1.84. The summed E-state index contributed by atoms with van der Waals surface area (Å²) in [6, 6.07) is 21.4. The van der Waals surface area contributed by atoms with E-state index < -0.39 is 4.65 Å². The Kier molecular flexibility index (Phi) is 3.57. The van der Waals surface area contributed by atoms with Crippen LogP contribution in [0, 0.1) is 5.21 Å². The topological polar surface area (TPSA) is 40.1 Å². The van der Waals surface area contributed by atoms with Gasteiger partial charge in [0.15, 0.2) is 0 Å². The summed E-state index contributed by atoms with van der Waals surface area (Å²) < 4.78 is -0.961. The van der Waals surface area contributed by atoms with Crippen molar-refractivity contribution in [2.45, 2.75) is 20.4 Å². The number of benzene rings is 3. The van der Waals surface area contributed by atoms with Gasteiger partial charge in [-0.1, -0.05) is 48.5 Å². The monoisotopic (exact) mass is 329 g/mol. The fraction of sp³-hybridized carbons (Fsp3) is 0.136. The van der Waals surface area contributed by atoms with E-state index in [0.29, 0.717) is 11.3 Å². The maximum Gasteiger partial charge on any atom is 0.347 e. The number of hydrogen-bond donors (Lipinski definition) is 0. The van der Waals surface area contributed by atoms with Gasteiger partial charge in [0.25, 0.3) is 0 Å². The molecule has 0 fully saturated rings. The Morgan fingerprint density at radius 1 is 0.840 bits per heavy atom. The highest BCUT2D eigenvalue weighted by Crippen LogP contribution is 2.40. The molecule has 0 spiro atoms. The molecule has 1 aliphatic heterocycles. The van der Waals surface area contributed by atoms with Gasteiger partial charge in [-0.3, -0.25) is 4.65 Å². The Morgan fingerprint density at radius 2 is 1.52 bits per heavy atom. The molecule has 1 heterocycles. The van der Waals surface area contributed by atoms with Gasteiger partial charge in [-0.15, -0.1) is 0 Å². The number of hydrogen-bond acceptors (Lipinski definition) is 2. The molecule has 0 saturated carbocycles. The van der Waals surface area contributed by atoms with Crippen LogP contribution in [0.25, 0.3) is 16.3 Å². The van der Waals surface area contributed by atoms with Crippen LogP contribution in [0.4, 0.5) is 5.69 Å². The van der Waals surface area contributed by atoms with E-state index in [1.165, 1.54) is 0 Å². The Hall–Kier alpha value is -2.75. The number of para-hydroxylation sites is 1. The molecule has 3 nitrogen and oxygen atoms in total. The zero-order valence-corrected chi connectivity index (χ0v) is 14.3. The first kappa shape index (κ1) is 15.8. The highest BCUT2D eigenvalue weighted by atomic mass is 16.6. The SMILES string of the molecule is CC1=C(C)c2ccccc2[N+]([O-])(Cc2ccc3ccccc3c2)C1=O. The molecule has 0 N–H and O–H groups in total. The van der Waals surface area contributed by atoms with Gasteiger partial charge in [0, 0.05) is 17.2 Å². The smallest absolute Gasteiger partial charge is 0.347 e. The van der Waals surface area contributed by atoms with Crippen LogP contribution < -0.4 is 4.65 Å². The van der Waals surface area contributed by atoms with E-state index in [1.807, 2.05) is 67.6 Å². The van der Waals surface area contributed by atoms with Crippen molar-refractivity contribution in [1.29, 1.82) is 0 Å². The average Bonchev–Trinajstić information content (AvgIpc) is 2.65. The highest BCUT2D eigenvalue weighted by molar-refractivity contribution is 6.11. The van der Waals surface area contributed by atoms with E-state index in [-0.39, 0.29) is 12.5 Å². The van der Waals surface area contributed by atoms with Crippen molar-refractivity contribution in [3.8, 4) is 0 Å². The quantitative estimate of drug-likeness (QED) is 0.480. The molecule has 1 amide bonds. The molecule has 0 radical (unpaired) electrons. The second-order valence-corrected chi connectivity index (χ2v) is 6.65. The van der Waals surface area contributed by atoms with Crippen molar-refractivity contribution in [2.24, 2.45) is 0 Å². The zero-order chi connectivity index (χ0) is 17.6. The van der Waals surface area contributed by atoms with Crippen LogP contribution in [-0.2, 0) is 11.3 Å². The highest BCUT2D eigenvalue weighted by Gasteiger charge is 2.39. The van der Waals surface area contributed by atoms with Crippen LogP contribution in [0.15, 0.2) is 72.3 Å². The molecule has 3 aromatic carbocycles. The van der Waals surface area contributed by atoms with Crippen LogP contribution in [0.5, 0.6) is 0 Å². The van der Waals surface area contributed by atoms with Gasteiger partial charge in [-0.2, -0.15) is 0 Å². The molecule has 0 aliphatic carbocycles. The number of rotatable bonds is 2. The Morgan fingerprint density at radius 3 is 2.32 bits per heavy atom. The van der Waals surface area contributed by atoms with Crippen molar-refractivity contribution < 1.29 is 4.79 Å². The van der Waals surface area contributed by atoms with Gasteiger partial charge >= 0.3 is 5.91 Å². The van der Waals surface area contributed by atoms with Crippen LogP contribution in [0.1, 0.15) is 25.0 Å². The third-order valence-electron chi connectivity index (χ3n) is 5.13. The largest absolute Gasteiger partial charge is 0.619 e. The summed E-state index contributed by atoms with van der Waals surface area (Å²) in [6.07, 6.45) is 0. The maximum atomic E-state index is 13.7. The standard InChI is InChI=1S/C22H19NO2/c1-15-16(2)22(24)23(25,21-10-6-5-9-20(15)21)14-17-11-12-18-7-3-4-8-19(18)13-17/h3-13H,14H2,1-2H3. The lowest BCUT2D eigenvalue weighted by Gasteiger charge is -2.43. The predicted octanol–water partition coefficient (Wildman–Crippen LogP) is 5.18. The molecule has 0 bridgehead atoms. The third-order valence-corrected chi connectivity index (χ3v) is 5.13. The van der Waals surface area contributed by atoms with Crippen LogP contribution >= 0.6 is 0 Å². The molecule has 25 heavy (non-hydrogen) atoms. The van der Waals surface area contributed by atoms with Crippen LogP contribution in [0.3, 0.4) is 0 Å². The van der Waals surface area contributed by atoms with E-state index in [9.17, 15) is 10.0 Å². The maximum absolute atomic E-state index is 13.7. The molecule has 0 aromatic heterocycles. The van der Waals surface area contributed by atoms with Crippen molar-refractivity contribution >= 4 is 27.9 Å². The van der Waals surface area contributed by atoms with Crippen molar-refractivity contribution in [3.63, 3.8) is 0 Å². The first-order valence-corrected chi connectivity index (χ1v) is 8.40. The van der Waals surface area contributed by atoms with E-state index in [0.717, 1.165) is 27.5 Å². The number of hydroxylamine groups is 2. The summed E-state index contributed by atoms with van der Waals surface area (Å²) in [7, 11) is 0. The lowest BCUT2D eigenvalue weighted by molar-refractivity contribution is -0.124. The van der Waals surface area contributed by atoms with Gasteiger partial charge in [0.2, 0.25) is 0 Å². The minimum Gasteiger partial charge on any atom is -0.619 e.